The van der Waals surface area contributed by atoms with Gasteiger partial charge in [0.15, 0.2) is 0 Å². The molecule has 0 fully saturated rings. The minimum Gasteiger partial charge on any atom is -0.347 e. The fourth-order valence-electron chi connectivity index (χ4n) is 2.28. The van der Waals surface area contributed by atoms with E-state index < -0.39 is 0 Å². The van der Waals surface area contributed by atoms with E-state index in [4.69, 9.17) is 17.0 Å². The Kier molecular flexibility index (Phi) is 4.95. The number of allylic oxidation sites excluding steroid dienone is 1. The van der Waals surface area contributed by atoms with E-state index in [-0.39, 0.29) is 11.1 Å². The third kappa shape index (κ3) is 3.28. The van der Waals surface area contributed by atoms with Crippen LogP contribution in [-0.4, -0.2) is 32.5 Å². The molecule has 1 aromatic heterocycles. The van der Waals surface area contributed by atoms with Crippen molar-refractivity contribution in [3.05, 3.63) is 29.4 Å². The van der Waals surface area contributed by atoms with Gasteiger partial charge in [0.25, 0.3) is 5.91 Å². The van der Waals surface area contributed by atoms with E-state index >= 15 is 0 Å². The summed E-state index contributed by atoms with van der Waals surface area (Å²) in [5.41, 5.74) is 2.30. The van der Waals surface area contributed by atoms with Gasteiger partial charge in [0.05, 0.1) is 29.8 Å². The Morgan fingerprint density at radius 1 is 1.65 bits per heavy atom. The van der Waals surface area contributed by atoms with Crippen LogP contribution in [0.25, 0.3) is 0 Å². The summed E-state index contributed by atoms with van der Waals surface area (Å²) in [5, 5.41) is 7.40. The first-order valence-electron chi connectivity index (χ1n) is 6.88. The first kappa shape index (κ1) is 14.8. The van der Waals surface area contributed by atoms with Crippen LogP contribution in [0.4, 0.5) is 0 Å². The number of carbonyl (C=O) groups is 1. The maximum Gasteiger partial charge on any atom is 0.256 e. The third-order valence-electron chi connectivity index (χ3n) is 3.44. The van der Waals surface area contributed by atoms with Gasteiger partial charge in [-0.3, -0.25) is 10.2 Å². The van der Waals surface area contributed by atoms with E-state index in [1.807, 2.05) is 0 Å². The normalized spacial score (nSPS) is 15.1. The van der Waals surface area contributed by atoms with Gasteiger partial charge in [0, 0.05) is 13.0 Å². The van der Waals surface area contributed by atoms with Crippen molar-refractivity contribution >= 4 is 22.7 Å². The van der Waals surface area contributed by atoms with Crippen LogP contribution in [0.2, 0.25) is 0 Å². The number of nitrogens with one attached hydrogen (secondary N) is 2. The van der Waals surface area contributed by atoms with E-state index in [0.29, 0.717) is 18.7 Å². The minimum atomic E-state index is -0.179. The second-order valence-corrected chi connectivity index (χ2v) is 5.26. The molecule has 1 aliphatic rings. The Morgan fingerprint density at radius 3 is 3.15 bits per heavy atom. The molecule has 0 bridgehead atoms. The summed E-state index contributed by atoms with van der Waals surface area (Å²) in [5.74, 6) is -0.165. The van der Waals surface area contributed by atoms with Crippen molar-refractivity contribution in [1.82, 2.24) is 14.9 Å². The van der Waals surface area contributed by atoms with Crippen molar-refractivity contribution in [3.8, 4) is 0 Å². The molecule has 108 valence electrons. The van der Waals surface area contributed by atoms with Gasteiger partial charge in [-0.15, -0.1) is 0 Å². The Morgan fingerprint density at radius 2 is 2.45 bits per heavy atom. The number of hydrogen-bond donors (Lipinski definition) is 2. The van der Waals surface area contributed by atoms with Crippen LogP contribution in [0.15, 0.2) is 18.0 Å². The number of unbranched alkanes of at least 4 members (excludes halogenated alkanes) is 2. The minimum absolute atomic E-state index is 0.165. The lowest BCUT2D eigenvalue weighted by Gasteiger charge is -2.26. The molecule has 0 atom stereocenters. The number of fused-ring (bicyclic) bond motifs is 1. The van der Waals surface area contributed by atoms with Gasteiger partial charge >= 0.3 is 0 Å². The predicted molar refractivity (Wildman–Crippen MR) is 78.9 cm³/mol. The van der Waals surface area contributed by atoms with Crippen molar-refractivity contribution in [3.63, 3.8) is 0 Å². The molecule has 1 aromatic rings. The number of imidazole rings is 1. The largest absolute Gasteiger partial charge is 0.347 e. The van der Waals surface area contributed by atoms with Gasteiger partial charge in [-0.25, -0.2) is 4.98 Å². The molecule has 2 heterocycles. The summed E-state index contributed by atoms with van der Waals surface area (Å²) in [6.45, 7) is 3.21. The predicted octanol–water partition coefficient (Wildman–Crippen LogP) is 2.63. The molecule has 1 aliphatic heterocycles. The molecule has 1 amide bonds. The van der Waals surface area contributed by atoms with Gasteiger partial charge < -0.3 is 9.88 Å². The third-order valence-corrected chi connectivity index (χ3v) is 3.64. The summed E-state index contributed by atoms with van der Waals surface area (Å²) in [4.78, 5) is 21.4. The zero-order valence-electron chi connectivity index (χ0n) is 11.6. The Balaban J connectivity index is 2.09. The highest BCUT2D eigenvalue weighted by Gasteiger charge is 2.25. The first-order valence-corrected chi connectivity index (χ1v) is 7.26. The maximum absolute atomic E-state index is 12.5. The van der Waals surface area contributed by atoms with Gasteiger partial charge in [0.1, 0.15) is 5.17 Å². The zero-order valence-corrected chi connectivity index (χ0v) is 12.3. The molecule has 2 N–H and O–H groups in total. The number of amides is 1. The number of carbonyl (C=O) groups excluding carboxylic acids is 1. The van der Waals surface area contributed by atoms with Crippen molar-refractivity contribution in [2.24, 2.45) is 0 Å². The summed E-state index contributed by atoms with van der Waals surface area (Å²) >= 11 is 5.76. The number of nitrogens with zero attached hydrogens (tertiary/aromatic N) is 2. The smallest absolute Gasteiger partial charge is 0.256 e. The summed E-state index contributed by atoms with van der Waals surface area (Å²) in [7, 11) is 0. The molecule has 0 radical (unpaired) electrons. The van der Waals surface area contributed by atoms with Gasteiger partial charge in [0.2, 0.25) is 0 Å². The lowest BCUT2D eigenvalue weighted by atomic mass is 10.1. The molecule has 20 heavy (non-hydrogen) atoms. The number of aromatic amines is 1. The Labute approximate surface area is 123 Å². The summed E-state index contributed by atoms with van der Waals surface area (Å²) in [6, 6.07) is 0. The Hall–Kier alpha value is -1.62. The highest BCUT2D eigenvalue weighted by atomic mass is 35.5. The van der Waals surface area contributed by atoms with E-state index in [0.717, 1.165) is 37.1 Å². The lowest BCUT2D eigenvalue weighted by Crippen LogP contribution is -2.37. The molecule has 5 nitrogen and oxygen atoms in total. The molecule has 0 saturated carbocycles. The van der Waals surface area contributed by atoms with Crippen LogP contribution in [0.1, 0.15) is 37.6 Å². The number of hydrogen-bond acceptors (Lipinski definition) is 3. The highest BCUT2D eigenvalue weighted by Crippen LogP contribution is 2.18. The topological polar surface area (TPSA) is 72.8 Å². The van der Waals surface area contributed by atoms with Crippen molar-refractivity contribution in [1.29, 1.82) is 5.41 Å². The van der Waals surface area contributed by atoms with Crippen LogP contribution < -0.4 is 0 Å². The van der Waals surface area contributed by atoms with Crippen molar-refractivity contribution < 1.29 is 4.79 Å². The van der Waals surface area contributed by atoms with Crippen LogP contribution in [0.5, 0.6) is 0 Å². The summed E-state index contributed by atoms with van der Waals surface area (Å²) in [6.07, 6.45) is 6.99. The summed E-state index contributed by atoms with van der Waals surface area (Å²) < 4.78 is 0. The molecule has 6 heteroatoms. The fraction of sp³-hybridized carbons (Fsp3) is 0.500. The second kappa shape index (κ2) is 6.70. The molecule has 0 spiro atoms. The van der Waals surface area contributed by atoms with Crippen LogP contribution >= 0.6 is 11.6 Å². The first-order chi connectivity index (χ1) is 9.63. The zero-order chi connectivity index (χ0) is 14.5. The molecule has 0 unspecified atom stereocenters. The standard InChI is InChI=1S/C14H19ClN4O/c1-2-3-4-5-10(13(15)16)14(20)19-7-6-11-12(8-19)18-9-17-11/h5,9,16H,2-4,6-8H2,1H3,(H,17,18)/b10-5+,16-13?. The number of H-pyrrole nitrogens is 1. The molecular formula is C14H19ClN4O. The van der Waals surface area contributed by atoms with Crippen molar-refractivity contribution in [2.45, 2.75) is 39.2 Å². The number of halogens is 1. The average Bonchev–Trinajstić information content (AvgIpc) is 2.89. The van der Waals surface area contributed by atoms with Crippen LogP contribution in [-0.2, 0) is 17.8 Å². The number of aromatic nitrogens is 2. The lowest BCUT2D eigenvalue weighted by molar-refractivity contribution is -0.127. The van der Waals surface area contributed by atoms with Crippen LogP contribution in [0.3, 0.4) is 0 Å². The quantitative estimate of drug-likeness (QED) is 0.498. The second-order valence-electron chi connectivity index (χ2n) is 4.88. The van der Waals surface area contributed by atoms with Gasteiger partial charge in [-0.2, -0.15) is 0 Å². The molecular weight excluding hydrogens is 276 g/mol. The average molecular weight is 295 g/mol. The van der Waals surface area contributed by atoms with E-state index in [1.165, 1.54) is 0 Å². The highest BCUT2D eigenvalue weighted by molar-refractivity contribution is 6.71. The van der Waals surface area contributed by atoms with E-state index in [2.05, 4.69) is 16.9 Å². The molecule has 0 saturated heterocycles. The Bertz CT molecular complexity index is 535. The van der Waals surface area contributed by atoms with Crippen LogP contribution in [0, 0.1) is 5.41 Å². The SMILES string of the molecule is CCCC/C=C(\C(=N)Cl)C(=O)N1CCc2nc[nH]c2C1. The number of rotatable bonds is 5. The maximum atomic E-state index is 12.5. The fourth-order valence-corrected chi connectivity index (χ4v) is 2.44. The van der Waals surface area contributed by atoms with Gasteiger partial charge in [-0.1, -0.05) is 37.4 Å². The van der Waals surface area contributed by atoms with Gasteiger partial charge in [-0.05, 0) is 6.42 Å². The van der Waals surface area contributed by atoms with E-state index in [1.54, 1.807) is 17.3 Å². The molecule has 0 aliphatic carbocycles. The monoisotopic (exact) mass is 294 g/mol. The molecule has 0 aromatic carbocycles. The van der Waals surface area contributed by atoms with E-state index in [9.17, 15) is 4.79 Å². The van der Waals surface area contributed by atoms with Crippen molar-refractivity contribution in [2.75, 3.05) is 6.54 Å². The molecule has 2 rings (SSSR count).